The van der Waals surface area contributed by atoms with E-state index >= 15 is 0 Å². The predicted molar refractivity (Wildman–Crippen MR) is 73.6 cm³/mol. The smallest absolute Gasteiger partial charge is 0.0547 e. The summed E-state index contributed by atoms with van der Waals surface area (Å²) in [5.74, 6) is 0. The third-order valence-corrected chi connectivity index (χ3v) is 3.66. The van der Waals surface area contributed by atoms with Crippen molar-refractivity contribution in [2.75, 3.05) is 26.2 Å². The molecule has 1 N–H and O–H groups in total. The number of hydrogen-bond donors (Lipinski definition) is 1. The largest absolute Gasteiger partial charge is 0.314 e. The Bertz CT molecular complexity index is 377. The van der Waals surface area contributed by atoms with Crippen LogP contribution in [0.2, 0.25) is 5.02 Å². The maximum absolute atomic E-state index is 6.33. The first kappa shape index (κ1) is 12.6. The molecule has 3 heteroatoms. The molecule has 0 amide bonds. The van der Waals surface area contributed by atoms with Crippen LogP contribution in [0, 0.1) is 6.92 Å². The fourth-order valence-corrected chi connectivity index (χ4v) is 2.76. The van der Waals surface area contributed by atoms with Crippen LogP contribution in [0.1, 0.15) is 17.2 Å². The summed E-state index contributed by atoms with van der Waals surface area (Å²) < 4.78 is 0. The van der Waals surface area contributed by atoms with Crippen molar-refractivity contribution in [1.82, 2.24) is 10.2 Å². The van der Waals surface area contributed by atoms with E-state index in [1.807, 2.05) is 18.2 Å². The molecular weight excluding hydrogens is 232 g/mol. The van der Waals surface area contributed by atoms with Crippen LogP contribution in [0.4, 0.5) is 0 Å². The zero-order valence-corrected chi connectivity index (χ0v) is 11.0. The standard InChI is InChI=1S/C14H19ClN2/c1-3-13(17-9-7-16-8-10-17)14-11(2)5-4-6-12(14)15/h3-6,13,16H,1,7-10H2,2H3/t13-/m0/s1. The molecule has 0 radical (unpaired) electrons. The Kier molecular flexibility index (Phi) is 4.21. The molecule has 1 aromatic rings. The Balaban J connectivity index is 2.31. The van der Waals surface area contributed by atoms with Gasteiger partial charge < -0.3 is 5.32 Å². The SMILES string of the molecule is C=C[C@@H](c1c(C)cccc1Cl)N1CCNCC1. The first-order chi connectivity index (χ1) is 8.24. The van der Waals surface area contributed by atoms with Crippen LogP contribution in [0.15, 0.2) is 30.9 Å². The van der Waals surface area contributed by atoms with Crippen molar-refractivity contribution in [3.8, 4) is 0 Å². The molecule has 2 rings (SSSR count). The third-order valence-electron chi connectivity index (χ3n) is 3.33. The maximum atomic E-state index is 6.33. The average Bonchev–Trinajstić information content (AvgIpc) is 2.35. The molecule has 0 spiro atoms. The van der Waals surface area contributed by atoms with Crippen LogP contribution in [-0.2, 0) is 0 Å². The van der Waals surface area contributed by atoms with E-state index in [4.69, 9.17) is 11.6 Å². The summed E-state index contributed by atoms with van der Waals surface area (Å²) >= 11 is 6.33. The Morgan fingerprint density at radius 3 is 2.71 bits per heavy atom. The van der Waals surface area contributed by atoms with Gasteiger partial charge in [-0.05, 0) is 24.1 Å². The van der Waals surface area contributed by atoms with Gasteiger partial charge in [-0.3, -0.25) is 4.90 Å². The van der Waals surface area contributed by atoms with Crippen LogP contribution in [0.5, 0.6) is 0 Å². The molecule has 0 aliphatic carbocycles. The number of nitrogens with zero attached hydrogens (tertiary/aromatic N) is 1. The number of aryl methyl sites for hydroxylation is 1. The lowest BCUT2D eigenvalue weighted by molar-refractivity contribution is 0.203. The maximum Gasteiger partial charge on any atom is 0.0547 e. The topological polar surface area (TPSA) is 15.3 Å². The highest BCUT2D eigenvalue weighted by Gasteiger charge is 2.22. The molecule has 0 unspecified atom stereocenters. The number of halogens is 1. The minimum atomic E-state index is 0.228. The first-order valence-electron chi connectivity index (χ1n) is 6.06. The summed E-state index contributed by atoms with van der Waals surface area (Å²) in [7, 11) is 0. The van der Waals surface area contributed by atoms with Gasteiger partial charge in [-0.15, -0.1) is 6.58 Å². The van der Waals surface area contributed by atoms with Gasteiger partial charge in [0, 0.05) is 31.2 Å². The molecule has 1 aliphatic heterocycles. The first-order valence-corrected chi connectivity index (χ1v) is 6.44. The second-order valence-electron chi connectivity index (χ2n) is 4.44. The Morgan fingerprint density at radius 1 is 1.41 bits per heavy atom. The van der Waals surface area contributed by atoms with Gasteiger partial charge in [-0.2, -0.15) is 0 Å². The fourth-order valence-electron chi connectivity index (χ4n) is 2.43. The summed E-state index contributed by atoms with van der Waals surface area (Å²) in [4.78, 5) is 2.43. The van der Waals surface area contributed by atoms with Gasteiger partial charge in [0.05, 0.1) is 6.04 Å². The number of nitrogens with one attached hydrogen (secondary N) is 1. The Hall–Kier alpha value is -0.830. The van der Waals surface area contributed by atoms with Crippen molar-refractivity contribution < 1.29 is 0 Å². The van der Waals surface area contributed by atoms with Crippen LogP contribution in [-0.4, -0.2) is 31.1 Å². The van der Waals surface area contributed by atoms with E-state index in [1.165, 1.54) is 11.1 Å². The van der Waals surface area contributed by atoms with E-state index in [0.717, 1.165) is 31.2 Å². The second-order valence-corrected chi connectivity index (χ2v) is 4.84. The Morgan fingerprint density at radius 2 is 2.12 bits per heavy atom. The lowest BCUT2D eigenvalue weighted by atomic mass is 9.99. The van der Waals surface area contributed by atoms with Gasteiger partial charge >= 0.3 is 0 Å². The van der Waals surface area contributed by atoms with E-state index in [2.05, 4.69) is 29.8 Å². The highest BCUT2D eigenvalue weighted by atomic mass is 35.5. The molecule has 0 saturated carbocycles. The van der Waals surface area contributed by atoms with Crippen LogP contribution in [0.3, 0.4) is 0 Å². The fraction of sp³-hybridized carbons (Fsp3) is 0.429. The minimum absolute atomic E-state index is 0.228. The average molecular weight is 251 g/mol. The molecular formula is C14H19ClN2. The molecule has 1 saturated heterocycles. The number of rotatable bonds is 3. The monoisotopic (exact) mass is 250 g/mol. The Labute approximate surface area is 108 Å². The van der Waals surface area contributed by atoms with E-state index in [-0.39, 0.29) is 6.04 Å². The van der Waals surface area contributed by atoms with Gasteiger partial charge in [-0.1, -0.05) is 29.8 Å². The summed E-state index contributed by atoms with van der Waals surface area (Å²) in [6.07, 6.45) is 2.00. The lowest BCUT2D eigenvalue weighted by Crippen LogP contribution is -2.44. The molecule has 2 nitrogen and oxygen atoms in total. The van der Waals surface area contributed by atoms with Crippen LogP contribution >= 0.6 is 11.6 Å². The van der Waals surface area contributed by atoms with Gasteiger partial charge in [0.1, 0.15) is 0 Å². The summed E-state index contributed by atoms with van der Waals surface area (Å²) in [6.45, 7) is 10.2. The molecule has 1 fully saturated rings. The van der Waals surface area contributed by atoms with Crippen molar-refractivity contribution in [3.05, 3.63) is 47.0 Å². The molecule has 1 atom stereocenters. The van der Waals surface area contributed by atoms with Gasteiger partial charge in [0.25, 0.3) is 0 Å². The molecule has 1 heterocycles. The predicted octanol–water partition coefficient (Wildman–Crippen LogP) is 2.78. The van der Waals surface area contributed by atoms with Crippen LogP contribution < -0.4 is 5.32 Å². The molecule has 0 bridgehead atoms. The number of hydrogen-bond acceptors (Lipinski definition) is 2. The molecule has 1 aliphatic rings. The third kappa shape index (κ3) is 2.71. The second kappa shape index (κ2) is 5.67. The van der Waals surface area contributed by atoms with E-state index in [1.54, 1.807) is 0 Å². The minimum Gasteiger partial charge on any atom is -0.314 e. The number of benzene rings is 1. The molecule has 1 aromatic carbocycles. The summed E-state index contributed by atoms with van der Waals surface area (Å²) in [5.41, 5.74) is 2.44. The zero-order valence-electron chi connectivity index (χ0n) is 10.2. The highest BCUT2D eigenvalue weighted by Crippen LogP contribution is 2.31. The quantitative estimate of drug-likeness (QED) is 0.830. The van der Waals surface area contributed by atoms with Crippen molar-refractivity contribution in [1.29, 1.82) is 0 Å². The van der Waals surface area contributed by atoms with Gasteiger partial charge in [0.2, 0.25) is 0 Å². The van der Waals surface area contributed by atoms with Gasteiger partial charge in [0.15, 0.2) is 0 Å². The zero-order chi connectivity index (χ0) is 12.3. The summed E-state index contributed by atoms with van der Waals surface area (Å²) in [6, 6.07) is 6.30. The van der Waals surface area contributed by atoms with E-state index in [0.29, 0.717) is 0 Å². The molecule has 17 heavy (non-hydrogen) atoms. The number of piperazine rings is 1. The van der Waals surface area contributed by atoms with Crippen molar-refractivity contribution >= 4 is 11.6 Å². The van der Waals surface area contributed by atoms with E-state index in [9.17, 15) is 0 Å². The summed E-state index contributed by atoms with van der Waals surface area (Å²) in [5, 5.41) is 4.21. The van der Waals surface area contributed by atoms with Gasteiger partial charge in [-0.25, -0.2) is 0 Å². The lowest BCUT2D eigenvalue weighted by Gasteiger charge is -2.34. The van der Waals surface area contributed by atoms with Crippen molar-refractivity contribution in [2.45, 2.75) is 13.0 Å². The van der Waals surface area contributed by atoms with Crippen molar-refractivity contribution in [3.63, 3.8) is 0 Å². The van der Waals surface area contributed by atoms with Crippen LogP contribution in [0.25, 0.3) is 0 Å². The molecule has 0 aromatic heterocycles. The molecule has 92 valence electrons. The van der Waals surface area contributed by atoms with E-state index < -0.39 is 0 Å². The highest BCUT2D eigenvalue weighted by molar-refractivity contribution is 6.31. The normalized spacial score (nSPS) is 18.9. The van der Waals surface area contributed by atoms with Crippen molar-refractivity contribution in [2.24, 2.45) is 0 Å².